The highest BCUT2D eigenvalue weighted by molar-refractivity contribution is 5.93. The van der Waals surface area contributed by atoms with E-state index in [1.807, 2.05) is 18.3 Å². The van der Waals surface area contributed by atoms with Gasteiger partial charge < -0.3 is 0 Å². The molecule has 0 N–H and O–H groups in total. The molecule has 2 aromatic heterocycles. The molecule has 7 aromatic carbocycles. The fraction of sp³-hybridized carbons (Fsp3) is 0.105. The van der Waals surface area contributed by atoms with Crippen molar-refractivity contribution >= 4 is 0 Å². The Morgan fingerprint density at radius 3 is 1.35 bits per heavy atom. The van der Waals surface area contributed by atoms with Crippen LogP contribution in [0.15, 0.2) is 188 Å². The average Bonchev–Trinajstić information content (AvgIpc) is 3.69. The Labute approximate surface area is 352 Å². The molecule has 11 rings (SSSR count). The Kier molecular flexibility index (Phi) is 8.18. The van der Waals surface area contributed by atoms with Gasteiger partial charge in [-0.15, -0.1) is 0 Å². The highest BCUT2D eigenvalue weighted by Crippen LogP contribution is 2.55. The van der Waals surface area contributed by atoms with Crippen LogP contribution < -0.4 is 0 Å². The van der Waals surface area contributed by atoms with Crippen LogP contribution in [-0.2, 0) is 10.8 Å². The maximum atomic E-state index is 5.35. The number of hydrogen-bond acceptors (Lipinski definition) is 3. The van der Waals surface area contributed by atoms with Crippen LogP contribution in [0, 0.1) is 0 Å². The van der Waals surface area contributed by atoms with Gasteiger partial charge in [0.15, 0.2) is 5.82 Å². The monoisotopic (exact) mass is 769 g/mol. The molecule has 0 spiro atoms. The molecule has 3 nitrogen and oxygen atoms in total. The molecule has 0 atom stereocenters. The maximum Gasteiger partial charge on any atom is 0.161 e. The second-order valence-corrected chi connectivity index (χ2v) is 17.2. The SMILES string of the molecule is CC1(C)c2ccccc2-c2cccc(-c3cc(-c4cc(-c5ccc(-c6ccccc6)cc5)nc(-c5cccnc5)n4)cc(-c4cccc5c4C(C)(C)c4ccccc4-5)c3)c21. The lowest BCUT2D eigenvalue weighted by Gasteiger charge is -2.26. The van der Waals surface area contributed by atoms with E-state index >= 15 is 0 Å². The summed E-state index contributed by atoms with van der Waals surface area (Å²) in [7, 11) is 0. The van der Waals surface area contributed by atoms with E-state index in [9.17, 15) is 0 Å². The van der Waals surface area contributed by atoms with Crippen molar-refractivity contribution in [3.05, 3.63) is 211 Å². The van der Waals surface area contributed by atoms with E-state index in [1.165, 1.54) is 77.9 Å². The van der Waals surface area contributed by atoms with Crippen LogP contribution in [0.4, 0.5) is 0 Å². The minimum Gasteiger partial charge on any atom is -0.264 e. The first-order valence-electron chi connectivity index (χ1n) is 20.8. The number of pyridine rings is 1. The zero-order chi connectivity index (χ0) is 40.6. The topological polar surface area (TPSA) is 38.7 Å². The Hall–Kier alpha value is -7.23. The fourth-order valence-electron chi connectivity index (χ4n) is 10.1. The summed E-state index contributed by atoms with van der Waals surface area (Å²) in [6, 6.07) is 63.9. The number of hydrogen-bond donors (Lipinski definition) is 0. The number of nitrogens with zero attached hydrogens (tertiary/aromatic N) is 3. The molecule has 0 bridgehead atoms. The van der Waals surface area contributed by atoms with Crippen molar-refractivity contribution in [2.75, 3.05) is 0 Å². The lowest BCUT2D eigenvalue weighted by atomic mass is 9.77. The molecule has 286 valence electrons. The summed E-state index contributed by atoms with van der Waals surface area (Å²) in [6.07, 6.45) is 3.64. The molecule has 60 heavy (non-hydrogen) atoms. The van der Waals surface area contributed by atoms with Crippen LogP contribution in [0.1, 0.15) is 49.9 Å². The molecule has 0 radical (unpaired) electrons. The molecular formula is C57H43N3. The summed E-state index contributed by atoms with van der Waals surface area (Å²) in [5.41, 5.74) is 22.2. The van der Waals surface area contributed by atoms with E-state index in [1.54, 1.807) is 6.20 Å². The van der Waals surface area contributed by atoms with Gasteiger partial charge in [-0.3, -0.25) is 4.98 Å². The zero-order valence-electron chi connectivity index (χ0n) is 34.2. The van der Waals surface area contributed by atoms with E-state index in [-0.39, 0.29) is 10.8 Å². The van der Waals surface area contributed by atoms with Crippen LogP contribution in [0.5, 0.6) is 0 Å². The summed E-state index contributed by atoms with van der Waals surface area (Å²) in [5.74, 6) is 0.643. The van der Waals surface area contributed by atoms with Crippen molar-refractivity contribution in [1.82, 2.24) is 15.0 Å². The van der Waals surface area contributed by atoms with Crippen LogP contribution in [-0.4, -0.2) is 15.0 Å². The third-order valence-electron chi connectivity index (χ3n) is 12.9. The molecular weight excluding hydrogens is 727 g/mol. The van der Waals surface area contributed by atoms with Gasteiger partial charge in [0, 0.05) is 39.9 Å². The van der Waals surface area contributed by atoms with E-state index in [4.69, 9.17) is 9.97 Å². The quantitative estimate of drug-likeness (QED) is 0.169. The molecule has 3 heteroatoms. The van der Waals surface area contributed by atoms with Crippen molar-refractivity contribution in [3.8, 4) is 89.5 Å². The van der Waals surface area contributed by atoms with E-state index < -0.39 is 0 Å². The summed E-state index contributed by atoms with van der Waals surface area (Å²) in [6.45, 7) is 9.48. The highest BCUT2D eigenvalue weighted by Gasteiger charge is 2.39. The Morgan fingerprint density at radius 1 is 0.333 bits per heavy atom. The van der Waals surface area contributed by atoms with Crippen LogP contribution in [0.3, 0.4) is 0 Å². The van der Waals surface area contributed by atoms with Gasteiger partial charge in [0.2, 0.25) is 0 Å². The number of benzene rings is 7. The number of aromatic nitrogens is 3. The first-order valence-corrected chi connectivity index (χ1v) is 20.8. The number of fused-ring (bicyclic) bond motifs is 6. The van der Waals surface area contributed by atoms with Gasteiger partial charge in [-0.05, 0) is 114 Å². The summed E-state index contributed by atoms with van der Waals surface area (Å²) >= 11 is 0. The van der Waals surface area contributed by atoms with Gasteiger partial charge in [0.1, 0.15) is 0 Å². The van der Waals surface area contributed by atoms with Crippen LogP contribution in [0.25, 0.3) is 89.5 Å². The van der Waals surface area contributed by atoms with Crippen molar-refractivity contribution in [2.24, 2.45) is 0 Å². The van der Waals surface area contributed by atoms with Gasteiger partial charge >= 0.3 is 0 Å². The van der Waals surface area contributed by atoms with Crippen LogP contribution >= 0.6 is 0 Å². The Balaban J connectivity index is 1.15. The Morgan fingerprint density at radius 2 is 0.783 bits per heavy atom. The summed E-state index contributed by atoms with van der Waals surface area (Å²) in [4.78, 5) is 15.0. The fourth-order valence-corrected chi connectivity index (χ4v) is 10.1. The molecule has 0 unspecified atom stereocenters. The van der Waals surface area contributed by atoms with Crippen molar-refractivity contribution in [2.45, 2.75) is 38.5 Å². The third-order valence-corrected chi connectivity index (χ3v) is 12.9. The van der Waals surface area contributed by atoms with E-state index in [0.717, 1.165) is 28.1 Å². The number of rotatable bonds is 6. The smallest absolute Gasteiger partial charge is 0.161 e. The summed E-state index contributed by atoms with van der Waals surface area (Å²) in [5, 5.41) is 0. The van der Waals surface area contributed by atoms with Gasteiger partial charge in [-0.1, -0.05) is 167 Å². The molecule has 2 heterocycles. The second kappa shape index (κ2) is 13.7. The maximum absolute atomic E-state index is 5.35. The van der Waals surface area contributed by atoms with Crippen LogP contribution in [0.2, 0.25) is 0 Å². The molecule has 2 aliphatic carbocycles. The van der Waals surface area contributed by atoms with Crippen molar-refractivity contribution < 1.29 is 0 Å². The predicted molar refractivity (Wildman–Crippen MR) is 248 cm³/mol. The molecule has 0 saturated heterocycles. The lowest BCUT2D eigenvalue weighted by molar-refractivity contribution is 0.662. The average molecular weight is 770 g/mol. The standard InChI is InChI=1S/C57H43N3/c1-56(2)49-24-10-8-18-45(49)47-22-12-20-43(53(47)56)40-31-41(44-21-13-23-48-46-19-9-11-25-50(46)57(3,4)54(44)48)33-42(32-40)52-34-51(59-55(60-52)39-17-14-30-58-35-39)38-28-26-37(27-29-38)36-15-6-5-7-16-36/h5-35H,1-4H3. The molecule has 2 aliphatic rings. The second-order valence-electron chi connectivity index (χ2n) is 17.2. The first-order chi connectivity index (χ1) is 29.3. The highest BCUT2D eigenvalue weighted by atomic mass is 14.9. The first kappa shape index (κ1) is 35.9. The van der Waals surface area contributed by atoms with Gasteiger partial charge in [0.05, 0.1) is 11.4 Å². The van der Waals surface area contributed by atoms with Gasteiger partial charge in [-0.25, -0.2) is 9.97 Å². The lowest BCUT2D eigenvalue weighted by Crippen LogP contribution is -2.16. The molecule has 0 amide bonds. The van der Waals surface area contributed by atoms with Crippen molar-refractivity contribution in [3.63, 3.8) is 0 Å². The zero-order valence-corrected chi connectivity index (χ0v) is 34.2. The Bertz CT molecular complexity index is 3000. The predicted octanol–water partition coefficient (Wildman–Crippen LogP) is 14.5. The summed E-state index contributed by atoms with van der Waals surface area (Å²) < 4.78 is 0. The molecule has 0 aliphatic heterocycles. The minimum atomic E-state index is -0.183. The normalized spacial score (nSPS) is 13.9. The van der Waals surface area contributed by atoms with E-state index in [0.29, 0.717) is 5.82 Å². The van der Waals surface area contributed by atoms with Gasteiger partial charge in [0.25, 0.3) is 0 Å². The van der Waals surface area contributed by atoms with Crippen molar-refractivity contribution in [1.29, 1.82) is 0 Å². The van der Waals surface area contributed by atoms with E-state index in [2.05, 4.69) is 196 Å². The largest absolute Gasteiger partial charge is 0.264 e. The van der Waals surface area contributed by atoms with Gasteiger partial charge in [-0.2, -0.15) is 0 Å². The molecule has 0 saturated carbocycles. The third kappa shape index (κ3) is 5.68. The minimum absolute atomic E-state index is 0.183. The molecule has 9 aromatic rings. The molecule has 0 fully saturated rings.